The first-order valence-corrected chi connectivity index (χ1v) is 14.5. The van der Waals surface area contributed by atoms with Crippen LogP contribution >= 0.6 is 0 Å². The number of hydrogen-bond acceptors (Lipinski definition) is 8. The van der Waals surface area contributed by atoms with Gasteiger partial charge in [0.2, 0.25) is 5.91 Å². The number of aryl methyl sites for hydroxylation is 1. The van der Waals surface area contributed by atoms with Gasteiger partial charge < -0.3 is 26.6 Å². The molecule has 11 nitrogen and oxygen atoms in total. The summed E-state index contributed by atoms with van der Waals surface area (Å²) in [6.07, 6.45) is 2.55. The first kappa shape index (κ1) is 29.6. The second-order valence-corrected chi connectivity index (χ2v) is 11.1. The molecule has 0 radical (unpaired) electrons. The standard InChI is InChI=1S/C31H38N6O5/c32-13-12-21-14-26(33-17-21)30(40)37(24-15-22-8-4-5-9-25(22)34-18-24)36-19-23(16-27(36)31(41)42)35-29(39)28(38)11-10-20-6-2-1-3-7-20/h1-9,15,18,21,23,26-28,33,38H,10-14,16-17,19,32H2,(H,35,39)(H,41,42)/t21?,23?,26-,27+,28-/m1/s1. The van der Waals surface area contributed by atoms with Crippen molar-refractivity contribution in [2.24, 2.45) is 11.7 Å². The van der Waals surface area contributed by atoms with Crippen LogP contribution in [-0.4, -0.2) is 81.9 Å². The number of carbonyl (C=O) groups is 3. The Morgan fingerprint density at radius 2 is 1.88 bits per heavy atom. The Morgan fingerprint density at radius 3 is 2.64 bits per heavy atom. The Balaban J connectivity index is 1.36. The molecule has 2 unspecified atom stereocenters. The van der Waals surface area contributed by atoms with Gasteiger partial charge in [-0.15, -0.1) is 0 Å². The number of nitrogens with zero attached hydrogens (tertiary/aromatic N) is 3. The molecule has 2 aromatic carbocycles. The Kier molecular flexibility index (Phi) is 9.43. The lowest BCUT2D eigenvalue weighted by Crippen LogP contribution is -2.56. The van der Waals surface area contributed by atoms with E-state index in [1.54, 1.807) is 6.20 Å². The fraction of sp³-hybridized carbons (Fsp3) is 0.419. The third-order valence-corrected chi connectivity index (χ3v) is 8.14. The monoisotopic (exact) mass is 574 g/mol. The van der Waals surface area contributed by atoms with Crippen LogP contribution in [-0.2, 0) is 20.8 Å². The van der Waals surface area contributed by atoms with Gasteiger partial charge >= 0.3 is 5.97 Å². The summed E-state index contributed by atoms with van der Waals surface area (Å²) in [5.74, 6) is -1.70. The molecule has 5 rings (SSSR count). The normalized spacial score (nSPS) is 23.1. The SMILES string of the molecule is NCCC1CN[C@@H](C(=O)N(c2cnc3ccccc3c2)N2CC(NC(=O)[C@H](O)CCc3ccccc3)C[C@H]2C(=O)O)C1. The van der Waals surface area contributed by atoms with E-state index in [0.717, 1.165) is 22.9 Å². The van der Waals surface area contributed by atoms with Gasteiger partial charge in [0, 0.05) is 18.0 Å². The number of anilines is 1. The van der Waals surface area contributed by atoms with Crippen LogP contribution in [0.1, 0.15) is 31.2 Å². The summed E-state index contributed by atoms with van der Waals surface area (Å²) >= 11 is 0. The van der Waals surface area contributed by atoms with E-state index in [2.05, 4.69) is 15.6 Å². The van der Waals surface area contributed by atoms with Crippen molar-refractivity contribution in [2.75, 3.05) is 24.6 Å². The quantitative estimate of drug-likeness (QED) is 0.228. The number of benzene rings is 2. The van der Waals surface area contributed by atoms with E-state index in [-0.39, 0.29) is 31.2 Å². The number of nitrogens with one attached hydrogen (secondary N) is 2. The molecular weight excluding hydrogens is 536 g/mol. The lowest BCUT2D eigenvalue weighted by atomic mass is 10.0. The number of pyridine rings is 1. The number of nitrogens with two attached hydrogens (primary N) is 1. The van der Waals surface area contributed by atoms with E-state index in [4.69, 9.17) is 5.73 Å². The molecule has 2 saturated heterocycles. The average molecular weight is 575 g/mol. The number of carboxylic acid groups (broad SMARTS) is 1. The molecule has 222 valence electrons. The number of hydrogen-bond donors (Lipinski definition) is 5. The second kappa shape index (κ2) is 13.4. The summed E-state index contributed by atoms with van der Waals surface area (Å²) in [7, 11) is 0. The zero-order valence-corrected chi connectivity index (χ0v) is 23.4. The van der Waals surface area contributed by atoms with Crippen molar-refractivity contribution in [3.8, 4) is 0 Å². The van der Waals surface area contributed by atoms with Gasteiger partial charge in [-0.25, -0.2) is 5.01 Å². The number of aliphatic hydroxyl groups excluding tert-OH is 1. The first-order chi connectivity index (χ1) is 20.3. The van der Waals surface area contributed by atoms with Gasteiger partial charge in [0.05, 0.1) is 23.4 Å². The van der Waals surface area contributed by atoms with Crippen LogP contribution in [0.3, 0.4) is 0 Å². The van der Waals surface area contributed by atoms with Crippen LogP contribution in [0.4, 0.5) is 5.69 Å². The van der Waals surface area contributed by atoms with Crippen LogP contribution in [0.2, 0.25) is 0 Å². The molecule has 2 aliphatic heterocycles. The number of carboxylic acids is 1. The van der Waals surface area contributed by atoms with Crippen LogP contribution < -0.4 is 21.4 Å². The van der Waals surface area contributed by atoms with Gasteiger partial charge in [0.1, 0.15) is 12.1 Å². The second-order valence-electron chi connectivity index (χ2n) is 11.1. The Morgan fingerprint density at radius 1 is 1.12 bits per heavy atom. The topological polar surface area (TPSA) is 161 Å². The van der Waals surface area contributed by atoms with Crippen LogP contribution in [0.5, 0.6) is 0 Å². The van der Waals surface area contributed by atoms with E-state index in [1.165, 1.54) is 10.0 Å². The van der Waals surface area contributed by atoms with Crippen molar-refractivity contribution in [1.29, 1.82) is 0 Å². The summed E-state index contributed by atoms with van der Waals surface area (Å²) in [5, 5.41) is 30.6. The number of para-hydroxylation sites is 1. The molecule has 5 atom stereocenters. The van der Waals surface area contributed by atoms with Crippen LogP contribution in [0, 0.1) is 5.92 Å². The molecular formula is C31H38N6O5. The van der Waals surface area contributed by atoms with Crippen molar-refractivity contribution in [3.05, 3.63) is 72.4 Å². The number of amides is 2. The third-order valence-electron chi connectivity index (χ3n) is 8.14. The maximum atomic E-state index is 14.1. The van der Waals surface area contributed by atoms with E-state index < -0.39 is 36.1 Å². The molecule has 1 aromatic heterocycles. The third kappa shape index (κ3) is 6.76. The molecule has 3 heterocycles. The van der Waals surface area contributed by atoms with E-state index in [9.17, 15) is 24.6 Å². The molecule has 0 spiro atoms. The minimum absolute atomic E-state index is 0.0746. The predicted octanol–water partition coefficient (Wildman–Crippen LogP) is 1.45. The van der Waals surface area contributed by atoms with E-state index >= 15 is 0 Å². The number of hydrazine groups is 1. The van der Waals surface area contributed by atoms with Gasteiger partial charge in [-0.3, -0.25) is 19.4 Å². The van der Waals surface area contributed by atoms with Crippen molar-refractivity contribution in [3.63, 3.8) is 0 Å². The molecule has 11 heteroatoms. The van der Waals surface area contributed by atoms with Gasteiger partial charge in [0.15, 0.2) is 0 Å². The van der Waals surface area contributed by atoms with Crippen molar-refractivity contribution in [2.45, 2.75) is 56.3 Å². The van der Waals surface area contributed by atoms with E-state index in [1.807, 2.05) is 60.7 Å². The molecule has 2 amide bonds. The Hall–Kier alpha value is -3.90. The summed E-state index contributed by atoms with van der Waals surface area (Å²) < 4.78 is 0. The number of aromatic nitrogens is 1. The minimum atomic E-state index is -1.24. The highest BCUT2D eigenvalue weighted by molar-refractivity contribution is 5.98. The predicted molar refractivity (Wildman–Crippen MR) is 158 cm³/mol. The first-order valence-electron chi connectivity index (χ1n) is 14.5. The molecule has 0 aliphatic carbocycles. The van der Waals surface area contributed by atoms with Gasteiger partial charge in [-0.2, -0.15) is 5.01 Å². The average Bonchev–Trinajstić information content (AvgIpc) is 3.64. The molecule has 3 aromatic rings. The largest absolute Gasteiger partial charge is 0.480 e. The molecule has 6 N–H and O–H groups in total. The highest BCUT2D eigenvalue weighted by atomic mass is 16.4. The molecule has 2 aliphatic rings. The zero-order valence-electron chi connectivity index (χ0n) is 23.4. The number of carbonyl (C=O) groups excluding carboxylic acids is 2. The van der Waals surface area contributed by atoms with Gasteiger partial charge in [-0.1, -0.05) is 48.5 Å². The molecule has 2 fully saturated rings. The molecule has 0 bridgehead atoms. The molecule has 0 saturated carbocycles. The maximum Gasteiger partial charge on any atom is 0.322 e. The summed E-state index contributed by atoms with van der Waals surface area (Å²) in [5.41, 5.74) is 7.96. The zero-order chi connectivity index (χ0) is 29.6. The van der Waals surface area contributed by atoms with Crippen LogP contribution in [0.25, 0.3) is 10.9 Å². The van der Waals surface area contributed by atoms with Gasteiger partial charge in [-0.05, 0) is 68.8 Å². The molecule has 42 heavy (non-hydrogen) atoms. The van der Waals surface area contributed by atoms with Crippen molar-refractivity contribution < 1.29 is 24.6 Å². The van der Waals surface area contributed by atoms with Crippen molar-refractivity contribution >= 4 is 34.4 Å². The summed E-state index contributed by atoms with van der Waals surface area (Å²) in [6.45, 7) is 1.25. The number of aliphatic hydroxyl groups is 1. The summed E-state index contributed by atoms with van der Waals surface area (Å²) in [4.78, 5) is 44.0. The summed E-state index contributed by atoms with van der Waals surface area (Å²) in [6, 6.07) is 16.7. The fourth-order valence-corrected chi connectivity index (χ4v) is 5.93. The highest BCUT2D eigenvalue weighted by Crippen LogP contribution is 2.30. The lowest BCUT2D eigenvalue weighted by Gasteiger charge is -2.36. The Bertz CT molecular complexity index is 1400. The smallest absolute Gasteiger partial charge is 0.322 e. The number of fused-ring (bicyclic) bond motifs is 1. The Labute approximate surface area is 244 Å². The van der Waals surface area contributed by atoms with Gasteiger partial charge in [0.25, 0.3) is 5.91 Å². The minimum Gasteiger partial charge on any atom is -0.480 e. The highest BCUT2D eigenvalue weighted by Gasteiger charge is 2.45. The number of aliphatic carboxylic acids is 1. The van der Waals surface area contributed by atoms with E-state index in [0.29, 0.717) is 31.6 Å². The number of rotatable bonds is 11. The van der Waals surface area contributed by atoms with Crippen molar-refractivity contribution in [1.82, 2.24) is 20.6 Å². The lowest BCUT2D eigenvalue weighted by molar-refractivity contribution is -0.143. The fourth-order valence-electron chi connectivity index (χ4n) is 5.93. The maximum absolute atomic E-state index is 14.1. The van der Waals surface area contributed by atoms with Crippen LogP contribution in [0.15, 0.2) is 66.9 Å².